The van der Waals surface area contributed by atoms with Crippen molar-refractivity contribution in [1.82, 2.24) is 5.32 Å². The normalized spacial score (nSPS) is 21.0. The summed E-state index contributed by atoms with van der Waals surface area (Å²) in [6.45, 7) is 4.27. The van der Waals surface area contributed by atoms with Crippen molar-refractivity contribution in [3.8, 4) is 0 Å². The van der Waals surface area contributed by atoms with Crippen LogP contribution >= 0.6 is 7.82 Å². The van der Waals surface area contributed by atoms with Gasteiger partial charge in [-0.05, 0) is 38.5 Å². The molecular formula is C42H77N2O9P. The summed E-state index contributed by atoms with van der Waals surface area (Å²) in [5, 5.41) is 34.4. The van der Waals surface area contributed by atoms with Crippen molar-refractivity contribution in [2.45, 2.75) is 167 Å². The lowest BCUT2D eigenvalue weighted by Crippen LogP contribution is -2.45. The maximum absolute atomic E-state index is 12.9. The fourth-order valence-electron chi connectivity index (χ4n) is 6.48. The number of carbonyl (C=O) groups excluding carboxylic acids is 2. The van der Waals surface area contributed by atoms with Gasteiger partial charge in [-0.15, -0.1) is 0 Å². The standard InChI is InChI=1S/C42H77N2O9P/c1-6-8-10-11-12-13-14-15-16-17-18-23-27-39(46)38(34-53-54(50,51)52-32-31-44(3,4)5)43-42(49)28-24-20-19-22-26-36-37(41(48)33-40(36)47)30-29-35(45)25-21-9-7-2/h19,22-23,27,29-30,35-39,41,45-46,48H,6-18,20-21,24-26,28,31-34H2,1-5H3,(H-,43,49,50,51)/b22-19-,27-23+,30-29+/t35-,36+,37+,38-,39+,41+/m0/s1. The number of nitrogens with one attached hydrogen (secondary N) is 1. The van der Waals surface area contributed by atoms with Gasteiger partial charge in [0.2, 0.25) is 5.91 Å². The zero-order valence-electron chi connectivity index (χ0n) is 34.4. The van der Waals surface area contributed by atoms with Crippen molar-refractivity contribution in [3.05, 3.63) is 36.5 Å². The Labute approximate surface area is 327 Å². The number of carbonyl (C=O) groups is 2. The van der Waals surface area contributed by atoms with Gasteiger partial charge in [0.05, 0.1) is 52.1 Å². The molecule has 1 unspecified atom stereocenters. The van der Waals surface area contributed by atoms with Crippen LogP contribution in [0.25, 0.3) is 0 Å². The highest BCUT2D eigenvalue weighted by molar-refractivity contribution is 7.45. The smallest absolute Gasteiger partial charge is 0.268 e. The molecule has 7 atom stereocenters. The molecule has 0 heterocycles. The highest BCUT2D eigenvalue weighted by Gasteiger charge is 2.39. The van der Waals surface area contributed by atoms with Crippen LogP contribution in [0.1, 0.15) is 142 Å². The molecule has 1 aliphatic rings. The van der Waals surface area contributed by atoms with Gasteiger partial charge in [-0.25, -0.2) is 0 Å². The zero-order valence-corrected chi connectivity index (χ0v) is 35.3. The van der Waals surface area contributed by atoms with E-state index in [0.717, 1.165) is 38.5 Å². The van der Waals surface area contributed by atoms with Crippen molar-refractivity contribution in [2.75, 3.05) is 40.9 Å². The van der Waals surface area contributed by atoms with E-state index in [9.17, 15) is 34.4 Å². The van der Waals surface area contributed by atoms with Gasteiger partial charge in [0, 0.05) is 24.7 Å². The maximum Gasteiger partial charge on any atom is 0.268 e. The predicted octanol–water partition coefficient (Wildman–Crippen LogP) is 7.09. The Morgan fingerprint density at radius 2 is 1.50 bits per heavy atom. The predicted molar refractivity (Wildman–Crippen MR) is 215 cm³/mol. The first-order valence-electron chi connectivity index (χ1n) is 21.0. The number of amides is 1. The molecule has 1 rings (SSSR count). The summed E-state index contributed by atoms with van der Waals surface area (Å²) in [7, 11) is 1.09. The number of likely N-dealkylation sites (N-methyl/N-ethyl adjacent to an activating group) is 1. The lowest BCUT2D eigenvalue weighted by atomic mass is 9.90. The molecule has 54 heavy (non-hydrogen) atoms. The molecule has 0 saturated heterocycles. The lowest BCUT2D eigenvalue weighted by Gasteiger charge is -2.29. The van der Waals surface area contributed by atoms with Crippen molar-refractivity contribution < 1.29 is 47.9 Å². The third-order valence-electron chi connectivity index (χ3n) is 9.96. The molecule has 0 aromatic rings. The minimum atomic E-state index is -4.66. The van der Waals surface area contributed by atoms with Gasteiger partial charge in [0.1, 0.15) is 18.9 Å². The molecular weight excluding hydrogens is 707 g/mol. The molecule has 1 amide bonds. The summed E-state index contributed by atoms with van der Waals surface area (Å²) in [4.78, 5) is 37.9. The number of unbranched alkanes of at least 4 members (excludes halogenated alkanes) is 13. The fraction of sp³-hybridized carbons (Fsp3) is 0.810. The SMILES string of the molecule is CCCCCCCCCCCC/C=C/[C@@H](O)[C@H](COP(=O)([O-])OCC[N+](C)(C)C)NC(=O)CCC/C=C\C[C@H]1C(=O)C[C@@H](O)[C@@H]1/C=C/[C@@H](O)CCCCC. The van der Waals surface area contributed by atoms with Gasteiger partial charge in [-0.3, -0.25) is 14.2 Å². The van der Waals surface area contributed by atoms with Crippen molar-refractivity contribution in [1.29, 1.82) is 0 Å². The maximum atomic E-state index is 12.9. The number of rotatable bonds is 33. The van der Waals surface area contributed by atoms with E-state index in [-0.39, 0.29) is 43.0 Å². The lowest BCUT2D eigenvalue weighted by molar-refractivity contribution is -0.870. The van der Waals surface area contributed by atoms with E-state index in [1.165, 1.54) is 51.4 Å². The van der Waals surface area contributed by atoms with E-state index >= 15 is 0 Å². The van der Waals surface area contributed by atoms with Gasteiger partial charge >= 0.3 is 0 Å². The number of phosphoric acid groups is 1. The second kappa shape index (κ2) is 29.5. The van der Waals surface area contributed by atoms with Crippen LogP contribution in [0.3, 0.4) is 0 Å². The van der Waals surface area contributed by atoms with Crippen LogP contribution in [-0.2, 0) is 23.2 Å². The monoisotopic (exact) mass is 785 g/mol. The highest BCUT2D eigenvalue weighted by Crippen LogP contribution is 2.38. The van der Waals surface area contributed by atoms with Gasteiger partial charge < -0.3 is 39.1 Å². The largest absolute Gasteiger partial charge is 0.756 e. The Bertz CT molecular complexity index is 1140. The first-order valence-corrected chi connectivity index (χ1v) is 22.4. The Kier molecular flexibility index (Phi) is 27.5. The van der Waals surface area contributed by atoms with Crippen LogP contribution < -0.4 is 10.2 Å². The summed E-state index contributed by atoms with van der Waals surface area (Å²) in [5.41, 5.74) is 0. The van der Waals surface area contributed by atoms with Crippen LogP contribution in [-0.4, -0.2) is 96.7 Å². The molecule has 1 saturated carbocycles. The van der Waals surface area contributed by atoms with E-state index in [1.807, 2.05) is 39.4 Å². The van der Waals surface area contributed by atoms with Gasteiger partial charge in [0.15, 0.2) is 0 Å². The average molecular weight is 785 g/mol. The Morgan fingerprint density at radius 3 is 2.15 bits per heavy atom. The number of Topliss-reactive ketones (excluding diaryl/α,β-unsaturated/α-hetero) is 1. The fourth-order valence-corrected chi connectivity index (χ4v) is 7.21. The molecule has 0 aromatic carbocycles. The second-order valence-electron chi connectivity index (χ2n) is 16.1. The summed E-state index contributed by atoms with van der Waals surface area (Å²) in [6.07, 6.45) is 26.9. The third kappa shape index (κ3) is 25.5. The second-order valence-corrected chi connectivity index (χ2v) is 17.5. The van der Waals surface area contributed by atoms with Crippen LogP contribution in [0.4, 0.5) is 0 Å². The molecule has 0 spiro atoms. The highest BCUT2D eigenvalue weighted by atomic mass is 31.2. The molecule has 1 aliphatic carbocycles. The van der Waals surface area contributed by atoms with Crippen LogP contribution in [0.15, 0.2) is 36.5 Å². The van der Waals surface area contributed by atoms with Gasteiger partial charge in [-0.1, -0.05) is 127 Å². The number of hydrogen-bond donors (Lipinski definition) is 4. The summed E-state index contributed by atoms with van der Waals surface area (Å²) < 4.78 is 23.1. The van der Waals surface area contributed by atoms with Crippen molar-refractivity contribution >= 4 is 19.5 Å². The third-order valence-corrected chi connectivity index (χ3v) is 10.9. The summed E-state index contributed by atoms with van der Waals surface area (Å²) in [6, 6.07) is -0.990. The first-order chi connectivity index (χ1) is 25.7. The number of phosphoric ester groups is 1. The number of ketones is 1. The Balaban J connectivity index is 2.62. The number of aliphatic hydroxyl groups is 3. The summed E-state index contributed by atoms with van der Waals surface area (Å²) >= 11 is 0. The summed E-state index contributed by atoms with van der Waals surface area (Å²) in [5.74, 6) is -1.03. The molecule has 1 fully saturated rings. The molecule has 4 N–H and O–H groups in total. The topological polar surface area (TPSA) is 165 Å². The minimum absolute atomic E-state index is 0.00686. The van der Waals surface area contributed by atoms with E-state index < -0.39 is 38.8 Å². The van der Waals surface area contributed by atoms with Gasteiger partial charge in [-0.2, -0.15) is 0 Å². The minimum Gasteiger partial charge on any atom is -0.756 e. The molecule has 0 radical (unpaired) electrons. The molecule has 314 valence electrons. The number of nitrogens with zero attached hydrogens (tertiary/aromatic N) is 1. The van der Waals surface area contributed by atoms with E-state index in [1.54, 1.807) is 18.2 Å². The molecule has 0 aliphatic heterocycles. The molecule has 0 bridgehead atoms. The van der Waals surface area contributed by atoms with E-state index in [4.69, 9.17) is 9.05 Å². The average Bonchev–Trinajstić information content (AvgIpc) is 3.37. The Hall–Kier alpha value is -1.69. The van der Waals surface area contributed by atoms with E-state index in [0.29, 0.717) is 36.7 Å². The van der Waals surface area contributed by atoms with Crippen LogP contribution in [0, 0.1) is 11.8 Å². The van der Waals surface area contributed by atoms with Crippen molar-refractivity contribution in [3.63, 3.8) is 0 Å². The molecule has 11 nitrogen and oxygen atoms in total. The number of quaternary nitrogens is 1. The van der Waals surface area contributed by atoms with Crippen LogP contribution in [0.5, 0.6) is 0 Å². The Morgan fingerprint density at radius 1 is 0.889 bits per heavy atom. The molecule has 0 aromatic heterocycles. The number of allylic oxidation sites excluding steroid dienone is 3. The number of aliphatic hydroxyl groups excluding tert-OH is 3. The zero-order chi connectivity index (χ0) is 40.2. The quantitative estimate of drug-likeness (QED) is 0.0235. The van der Waals surface area contributed by atoms with Crippen LogP contribution in [0.2, 0.25) is 0 Å². The van der Waals surface area contributed by atoms with Crippen molar-refractivity contribution in [2.24, 2.45) is 11.8 Å². The number of hydrogen-bond acceptors (Lipinski definition) is 9. The van der Waals surface area contributed by atoms with Gasteiger partial charge in [0.25, 0.3) is 7.82 Å². The molecule has 12 heteroatoms. The van der Waals surface area contributed by atoms with E-state index in [2.05, 4.69) is 19.2 Å². The first kappa shape index (κ1) is 50.3.